The van der Waals surface area contributed by atoms with E-state index in [1.165, 1.54) is 18.2 Å². The Balaban J connectivity index is 2.37. The normalized spacial score (nSPS) is 10.1. The third-order valence-electron chi connectivity index (χ3n) is 2.23. The van der Waals surface area contributed by atoms with Gasteiger partial charge in [0, 0.05) is 6.07 Å². The summed E-state index contributed by atoms with van der Waals surface area (Å²) in [6.07, 6.45) is 0. The molecule has 0 radical (unpaired) electrons. The van der Waals surface area contributed by atoms with Gasteiger partial charge in [-0.1, -0.05) is 12.1 Å². The van der Waals surface area contributed by atoms with Gasteiger partial charge in [-0.05, 0) is 24.3 Å². The highest BCUT2D eigenvalue weighted by molar-refractivity contribution is 5.90. The van der Waals surface area contributed by atoms with Gasteiger partial charge in [0.05, 0.1) is 0 Å². The number of carboxylic acids is 1. The van der Waals surface area contributed by atoms with E-state index >= 15 is 0 Å². The van der Waals surface area contributed by atoms with Crippen LogP contribution in [0.15, 0.2) is 42.5 Å². The highest BCUT2D eigenvalue weighted by Crippen LogP contribution is 2.27. The average Bonchev–Trinajstić information content (AvgIpc) is 2.33. The molecule has 0 atom stereocenters. The predicted octanol–water partition coefficient (Wildman–Crippen LogP) is 3.46. The van der Waals surface area contributed by atoms with Crippen molar-refractivity contribution in [3.63, 3.8) is 0 Å². The molecule has 0 bridgehead atoms. The zero-order chi connectivity index (χ0) is 13.1. The van der Waals surface area contributed by atoms with Crippen LogP contribution in [0.25, 0.3) is 0 Å². The molecule has 0 aliphatic carbocycles. The van der Waals surface area contributed by atoms with Crippen molar-refractivity contribution >= 4 is 5.97 Å². The lowest BCUT2D eigenvalue weighted by Gasteiger charge is -2.09. The van der Waals surface area contributed by atoms with Gasteiger partial charge in [-0.2, -0.15) is 0 Å². The molecule has 2 aromatic carbocycles. The van der Waals surface area contributed by atoms with Crippen molar-refractivity contribution in [1.29, 1.82) is 0 Å². The van der Waals surface area contributed by atoms with Gasteiger partial charge in [0.25, 0.3) is 0 Å². The van der Waals surface area contributed by atoms with Crippen LogP contribution in [0.1, 0.15) is 10.4 Å². The summed E-state index contributed by atoms with van der Waals surface area (Å²) in [5, 5.41) is 8.92. The number of carbonyl (C=O) groups is 1. The number of para-hydroxylation sites is 1. The number of benzene rings is 2. The second kappa shape index (κ2) is 4.83. The second-order valence-electron chi connectivity index (χ2n) is 3.48. The van der Waals surface area contributed by atoms with Crippen molar-refractivity contribution in [1.82, 2.24) is 0 Å². The van der Waals surface area contributed by atoms with Gasteiger partial charge in [-0.15, -0.1) is 0 Å². The number of hydrogen-bond donors (Lipinski definition) is 1. The smallest absolute Gasteiger partial charge is 0.339 e. The van der Waals surface area contributed by atoms with Crippen LogP contribution >= 0.6 is 0 Å². The van der Waals surface area contributed by atoms with Gasteiger partial charge in [-0.3, -0.25) is 0 Å². The lowest BCUT2D eigenvalue weighted by Crippen LogP contribution is -2.00. The lowest BCUT2D eigenvalue weighted by atomic mass is 10.2. The Labute approximate surface area is 101 Å². The summed E-state index contributed by atoms with van der Waals surface area (Å²) in [7, 11) is 0. The monoisotopic (exact) mass is 250 g/mol. The van der Waals surface area contributed by atoms with Crippen LogP contribution in [0.2, 0.25) is 0 Å². The van der Waals surface area contributed by atoms with Crippen molar-refractivity contribution in [2.45, 2.75) is 0 Å². The number of hydrogen-bond acceptors (Lipinski definition) is 2. The standard InChI is InChI=1S/C13H8F2O3/c14-8-5-6-12(10(15)7-8)18-11-4-2-1-3-9(11)13(16)17/h1-7H,(H,16,17). The summed E-state index contributed by atoms with van der Waals surface area (Å²) in [5.74, 6) is -3.05. The molecule has 0 fully saturated rings. The first-order chi connectivity index (χ1) is 8.58. The van der Waals surface area contributed by atoms with E-state index < -0.39 is 17.6 Å². The maximum absolute atomic E-state index is 13.4. The molecule has 18 heavy (non-hydrogen) atoms. The van der Waals surface area contributed by atoms with E-state index in [0.717, 1.165) is 12.1 Å². The summed E-state index contributed by atoms with van der Waals surface area (Å²) >= 11 is 0. The molecule has 2 rings (SSSR count). The third kappa shape index (κ3) is 2.45. The van der Waals surface area contributed by atoms with Crippen molar-refractivity contribution in [2.75, 3.05) is 0 Å². The van der Waals surface area contributed by atoms with Crippen molar-refractivity contribution in [3.05, 3.63) is 59.7 Å². The zero-order valence-electron chi connectivity index (χ0n) is 9.06. The Hall–Kier alpha value is -2.43. The molecule has 3 nitrogen and oxygen atoms in total. The van der Waals surface area contributed by atoms with Gasteiger partial charge >= 0.3 is 5.97 Å². The average molecular weight is 250 g/mol. The van der Waals surface area contributed by atoms with Crippen LogP contribution in [0.4, 0.5) is 8.78 Å². The number of aromatic carboxylic acids is 1. The first kappa shape index (κ1) is 12.0. The SMILES string of the molecule is O=C(O)c1ccccc1Oc1ccc(F)cc1F. The maximum atomic E-state index is 13.4. The summed E-state index contributed by atoms with van der Waals surface area (Å²) in [6.45, 7) is 0. The largest absolute Gasteiger partial charge is 0.478 e. The Morgan fingerprint density at radius 3 is 2.44 bits per heavy atom. The summed E-state index contributed by atoms with van der Waals surface area (Å²) in [5.41, 5.74) is -0.0961. The highest BCUT2D eigenvalue weighted by Gasteiger charge is 2.13. The van der Waals surface area contributed by atoms with Crippen molar-refractivity contribution in [3.8, 4) is 11.5 Å². The molecule has 92 valence electrons. The maximum Gasteiger partial charge on any atom is 0.339 e. The van der Waals surface area contributed by atoms with Crippen molar-refractivity contribution in [2.24, 2.45) is 0 Å². The Kier molecular flexibility index (Phi) is 3.23. The van der Waals surface area contributed by atoms with E-state index in [9.17, 15) is 13.6 Å². The minimum atomic E-state index is -1.19. The molecule has 0 amide bonds. The molecule has 0 aliphatic rings. The fraction of sp³-hybridized carbons (Fsp3) is 0. The molecule has 0 saturated heterocycles. The van der Waals surface area contributed by atoms with Crippen LogP contribution in [-0.4, -0.2) is 11.1 Å². The first-order valence-corrected chi connectivity index (χ1v) is 5.03. The molecule has 0 heterocycles. The van der Waals surface area contributed by atoms with Crippen LogP contribution in [-0.2, 0) is 0 Å². The van der Waals surface area contributed by atoms with Gasteiger partial charge in [0.15, 0.2) is 11.6 Å². The number of carboxylic acid groups (broad SMARTS) is 1. The second-order valence-corrected chi connectivity index (χ2v) is 3.48. The van der Waals surface area contributed by atoms with E-state index in [-0.39, 0.29) is 17.1 Å². The molecule has 1 N–H and O–H groups in total. The van der Waals surface area contributed by atoms with Crippen LogP contribution in [0, 0.1) is 11.6 Å². The molecule has 5 heteroatoms. The minimum absolute atomic E-state index is 0.00416. The molecule has 0 aliphatic heterocycles. The molecular weight excluding hydrogens is 242 g/mol. The topological polar surface area (TPSA) is 46.5 Å². The van der Waals surface area contributed by atoms with E-state index in [4.69, 9.17) is 9.84 Å². The van der Waals surface area contributed by atoms with Gasteiger partial charge in [-0.25, -0.2) is 13.6 Å². The van der Waals surface area contributed by atoms with Crippen LogP contribution < -0.4 is 4.74 Å². The quantitative estimate of drug-likeness (QED) is 0.907. The van der Waals surface area contributed by atoms with Gasteiger partial charge in [0.2, 0.25) is 0 Å². The van der Waals surface area contributed by atoms with Gasteiger partial charge < -0.3 is 9.84 Å². The summed E-state index contributed by atoms with van der Waals surface area (Å²) in [4.78, 5) is 10.9. The van der Waals surface area contributed by atoms with Crippen LogP contribution in [0.3, 0.4) is 0 Å². The summed E-state index contributed by atoms with van der Waals surface area (Å²) < 4.78 is 31.2. The third-order valence-corrected chi connectivity index (χ3v) is 2.23. The minimum Gasteiger partial charge on any atom is -0.478 e. The number of ether oxygens (including phenoxy) is 1. The Morgan fingerprint density at radius 2 is 1.78 bits per heavy atom. The number of rotatable bonds is 3. The van der Waals surface area contributed by atoms with E-state index in [1.54, 1.807) is 6.07 Å². The molecular formula is C13H8F2O3. The van der Waals surface area contributed by atoms with E-state index in [2.05, 4.69) is 0 Å². The fourth-order valence-corrected chi connectivity index (χ4v) is 1.41. The molecule has 0 saturated carbocycles. The van der Waals surface area contributed by atoms with Gasteiger partial charge in [0.1, 0.15) is 17.1 Å². The van der Waals surface area contributed by atoms with E-state index in [1.807, 2.05) is 0 Å². The highest BCUT2D eigenvalue weighted by atomic mass is 19.1. The molecule has 0 unspecified atom stereocenters. The Morgan fingerprint density at radius 1 is 1.06 bits per heavy atom. The molecule has 2 aromatic rings. The zero-order valence-corrected chi connectivity index (χ0v) is 9.06. The van der Waals surface area contributed by atoms with E-state index in [0.29, 0.717) is 6.07 Å². The lowest BCUT2D eigenvalue weighted by molar-refractivity contribution is 0.0694. The fourth-order valence-electron chi connectivity index (χ4n) is 1.41. The number of halogens is 2. The molecule has 0 spiro atoms. The van der Waals surface area contributed by atoms with Crippen molar-refractivity contribution < 1.29 is 23.4 Å². The molecule has 0 aromatic heterocycles. The van der Waals surface area contributed by atoms with Crippen LogP contribution in [0.5, 0.6) is 11.5 Å². The predicted molar refractivity (Wildman–Crippen MR) is 59.8 cm³/mol. The first-order valence-electron chi connectivity index (χ1n) is 5.03. The Bertz CT molecular complexity index is 597. The summed E-state index contributed by atoms with van der Waals surface area (Å²) in [6, 6.07) is 8.61.